The van der Waals surface area contributed by atoms with Crippen molar-refractivity contribution in [1.82, 2.24) is 0 Å². The third-order valence-corrected chi connectivity index (χ3v) is 4.34. The number of anilines is 1. The molecule has 0 saturated carbocycles. The maximum Gasteiger partial charge on any atom is 0.265 e. The number of rotatable bonds is 7. The molecular weight excluding hydrogens is 300 g/mol. The average molecular weight is 335 g/mol. The Hall–Kier alpha value is -1.84. The van der Waals surface area contributed by atoms with Crippen molar-refractivity contribution in [3.05, 3.63) is 29.3 Å². The number of aryl methyl sites for hydroxylation is 2. The molecule has 4 nitrogen and oxygen atoms in total. The van der Waals surface area contributed by atoms with Gasteiger partial charge in [-0.05, 0) is 56.9 Å². The van der Waals surface area contributed by atoms with Crippen LogP contribution < -0.4 is 5.32 Å². The lowest BCUT2D eigenvalue weighted by molar-refractivity contribution is -0.120. The van der Waals surface area contributed by atoms with Crippen LogP contribution in [0.15, 0.2) is 23.4 Å². The Kier molecular flexibility index (Phi) is 10.0. The van der Waals surface area contributed by atoms with Crippen LogP contribution in [0.25, 0.3) is 0 Å². The second-order valence-corrected chi connectivity index (χ2v) is 6.14. The first-order chi connectivity index (χ1) is 11.3. The molecule has 1 rings (SSSR count). The van der Waals surface area contributed by atoms with Gasteiger partial charge in [-0.1, -0.05) is 45.8 Å². The first kappa shape index (κ1) is 22.2. The summed E-state index contributed by atoms with van der Waals surface area (Å²) in [7, 11) is 0. The second-order valence-electron chi connectivity index (χ2n) is 6.14. The molecular formula is C20H34N2O2. The van der Waals surface area contributed by atoms with E-state index in [2.05, 4.69) is 37.3 Å². The lowest BCUT2D eigenvalue weighted by Gasteiger charge is -2.25. The molecule has 0 bridgehead atoms. The van der Waals surface area contributed by atoms with Gasteiger partial charge in [0, 0.05) is 11.1 Å². The van der Waals surface area contributed by atoms with Crippen molar-refractivity contribution in [3.8, 4) is 0 Å². The Morgan fingerprint density at radius 3 is 2.08 bits per heavy atom. The van der Waals surface area contributed by atoms with E-state index in [9.17, 15) is 4.79 Å². The number of nitrogens with zero attached hydrogens (tertiary/aromatic N) is 1. The number of benzene rings is 1. The Morgan fingerprint density at radius 2 is 1.62 bits per heavy atom. The minimum atomic E-state index is -0.198. The molecule has 1 aromatic rings. The van der Waals surface area contributed by atoms with Crippen LogP contribution in [-0.4, -0.2) is 18.2 Å². The van der Waals surface area contributed by atoms with Gasteiger partial charge in [0.05, 0.1) is 5.71 Å². The summed E-state index contributed by atoms with van der Waals surface area (Å²) in [6, 6.07) is 5.94. The van der Waals surface area contributed by atoms with Crippen LogP contribution in [0, 0.1) is 19.3 Å². The number of hydrogen-bond donors (Lipinski definition) is 1. The summed E-state index contributed by atoms with van der Waals surface area (Å²) >= 11 is 0. The van der Waals surface area contributed by atoms with Gasteiger partial charge in [-0.3, -0.25) is 4.79 Å². The van der Waals surface area contributed by atoms with E-state index < -0.39 is 0 Å². The van der Waals surface area contributed by atoms with Crippen LogP contribution in [0.2, 0.25) is 0 Å². The molecule has 0 atom stereocenters. The van der Waals surface area contributed by atoms with Crippen molar-refractivity contribution in [1.29, 1.82) is 0 Å². The van der Waals surface area contributed by atoms with Gasteiger partial charge in [0.25, 0.3) is 5.91 Å². The number of nitrogens with one attached hydrogen (secondary N) is 1. The lowest BCUT2D eigenvalue weighted by Crippen LogP contribution is -2.25. The molecule has 0 radical (unpaired) electrons. The zero-order valence-electron chi connectivity index (χ0n) is 16.6. The summed E-state index contributed by atoms with van der Waals surface area (Å²) in [4.78, 5) is 17.1. The van der Waals surface area contributed by atoms with Gasteiger partial charge in [-0.2, -0.15) is 0 Å². The van der Waals surface area contributed by atoms with E-state index in [0.717, 1.165) is 35.4 Å². The number of hydrogen-bond acceptors (Lipinski definition) is 3. The maximum atomic E-state index is 11.9. The van der Waals surface area contributed by atoms with Crippen molar-refractivity contribution in [2.45, 2.75) is 68.2 Å². The lowest BCUT2D eigenvalue weighted by atomic mass is 9.81. The van der Waals surface area contributed by atoms with Crippen molar-refractivity contribution < 1.29 is 9.63 Å². The number of carbonyl (C=O) groups excluding carboxylic acids is 1. The molecule has 0 heterocycles. The van der Waals surface area contributed by atoms with E-state index in [1.807, 2.05) is 46.8 Å². The third-order valence-electron chi connectivity index (χ3n) is 4.34. The van der Waals surface area contributed by atoms with Crippen LogP contribution in [0.1, 0.15) is 65.5 Å². The van der Waals surface area contributed by atoms with Crippen molar-refractivity contribution in [2.24, 2.45) is 10.6 Å². The molecule has 1 aromatic carbocycles. The fourth-order valence-electron chi connectivity index (χ4n) is 2.30. The van der Waals surface area contributed by atoms with Gasteiger partial charge in [-0.15, -0.1) is 0 Å². The largest absolute Gasteiger partial charge is 0.386 e. The fourth-order valence-corrected chi connectivity index (χ4v) is 2.30. The molecule has 0 unspecified atom stereocenters. The van der Waals surface area contributed by atoms with E-state index >= 15 is 0 Å². The van der Waals surface area contributed by atoms with Crippen LogP contribution >= 0.6 is 0 Å². The monoisotopic (exact) mass is 334 g/mol. The predicted molar refractivity (Wildman–Crippen MR) is 104 cm³/mol. The van der Waals surface area contributed by atoms with E-state index in [1.165, 1.54) is 0 Å². The van der Waals surface area contributed by atoms with Gasteiger partial charge in [0.1, 0.15) is 0 Å². The highest BCUT2D eigenvalue weighted by molar-refractivity contribution is 5.92. The van der Waals surface area contributed by atoms with Gasteiger partial charge >= 0.3 is 0 Å². The molecule has 0 aliphatic heterocycles. The summed E-state index contributed by atoms with van der Waals surface area (Å²) in [5.74, 6) is -0.198. The quantitative estimate of drug-likeness (QED) is 0.529. The number of carbonyl (C=O) groups is 1. The predicted octanol–water partition coefficient (Wildman–Crippen LogP) is 5.49. The van der Waals surface area contributed by atoms with Gasteiger partial charge < -0.3 is 10.2 Å². The van der Waals surface area contributed by atoms with Crippen LogP contribution in [0.5, 0.6) is 0 Å². The van der Waals surface area contributed by atoms with Crippen LogP contribution in [0.4, 0.5) is 5.69 Å². The molecule has 0 spiro atoms. The SMILES string of the molecule is CC.CCC(C)(CC)/C(C)=N/OCC(=O)Nc1cc(C)cc(C)c1. The van der Waals surface area contributed by atoms with Gasteiger partial charge in [-0.25, -0.2) is 0 Å². The molecule has 1 amide bonds. The Bertz CT molecular complexity index is 526. The first-order valence-corrected chi connectivity index (χ1v) is 8.86. The van der Waals surface area contributed by atoms with E-state index in [0.29, 0.717) is 0 Å². The highest BCUT2D eigenvalue weighted by atomic mass is 16.6. The highest BCUT2D eigenvalue weighted by Gasteiger charge is 2.23. The summed E-state index contributed by atoms with van der Waals surface area (Å²) in [5, 5.41) is 6.94. The fraction of sp³-hybridized carbons (Fsp3) is 0.600. The Labute approximate surface area is 147 Å². The molecule has 0 aliphatic rings. The minimum absolute atomic E-state index is 0.0319. The normalized spacial score (nSPS) is 11.4. The molecule has 0 fully saturated rings. The van der Waals surface area contributed by atoms with Crippen molar-refractivity contribution in [2.75, 3.05) is 11.9 Å². The van der Waals surface area contributed by atoms with Gasteiger partial charge in [0.2, 0.25) is 0 Å². The Morgan fingerprint density at radius 1 is 1.12 bits per heavy atom. The third kappa shape index (κ3) is 7.16. The molecule has 4 heteroatoms. The van der Waals surface area contributed by atoms with Crippen LogP contribution in [0.3, 0.4) is 0 Å². The minimum Gasteiger partial charge on any atom is -0.386 e. The zero-order chi connectivity index (χ0) is 18.8. The van der Waals surface area contributed by atoms with Crippen LogP contribution in [-0.2, 0) is 9.63 Å². The average Bonchev–Trinajstić information content (AvgIpc) is 2.54. The smallest absolute Gasteiger partial charge is 0.265 e. The molecule has 0 aliphatic carbocycles. The first-order valence-electron chi connectivity index (χ1n) is 8.86. The van der Waals surface area contributed by atoms with Crippen molar-refractivity contribution in [3.63, 3.8) is 0 Å². The molecule has 136 valence electrons. The standard InChI is InChI=1S/C18H28N2O2.C2H6/c1-7-18(6,8-2)15(5)20-22-12-17(21)19-16-10-13(3)9-14(4)11-16;1-2/h9-11H,7-8,12H2,1-6H3,(H,19,21);1-2H3/b20-15+;. The molecule has 0 aromatic heterocycles. The molecule has 24 heavy (non-hydrogen) atoms. The van der Waals surface area contributed by atoms with E-state index in [-0.39, 0.29) is 17.9 Å². The Balaban J connectivity index is 0.00000254. The topological polar surface area (TPSA) is 50.7 Å². The summed E-state index contributed by atoms with van der Waals surface area (Å²) in [5.41, 5.74) is 3.98. The summed E-state index contributed by atoms with van der Waals surface area (Å²) in [6.45, 7) is 16.3. The van der Waals surface area contributed by atoms with E-state index in [4.69, 9.17) is 4.84 Å². The number of oxime groups is 1. The maximum absolute atomic E-state index is 11.9. The van der Waals surface area contributed by atoms with Gasteiger partial charge in [0.15, 0.2) is 6.61 Å². The summed E-state index contributed by atoms with van der Waals surface area (Å²) < 4.78 is 0. The molecule has 0 saturated heterocycles. The van der Waals surface area contributed by atoms with Crippen molar-refractivity contribution >= 4 is 17.3 Å². The summed E-state index contributed by atoms with van der Waals surface area (Å²) in [6.07, 6.45) is 1.99. The number of amides is 1. The zero-order valence-corrected chi connectivity index (χ0v) is 16.6. The molecule has 1 N–H and O–H groups in total. The van der Waals surface area contributed by atoms with E-state index in [1.54, 1.807) is 0 Å². The highest BCUT2D eigenvalue weighted by Crippen LogP contribution is 2.27. The second kappa shape index (κ2) is 10.8.